The quantitative estimate of drug-likeness (QED) is 0.857. The molecule has 5 heteroatoms. The first kappa shape index (κ1) is 13.1. The normalized spacial score (nSPS) is 9.75. The van der Waals surface area contributed by atoms with E-state index in [4.69, 9.17) is 9.47 Å². The number of halogens is 1. The number of benzene rings is 1. The van der Waals surface area contributed by atoms with Crippen molar-refractivity contribution < 1.29 is 14.3 Å². The molecule has 0 aliphatic carbocycles. The molecule has 0 atom stereocenters. The Morgan fingerprint density at radius 2 is 2.19 bits per heavy atom. The molecule has 1 amide bonds. The third-order valence-electron chi connectivity index (χ3n) is 2.01. The van der Waals surface area contributed by atoms with Gasteiger partial charge in [0.15, 0.2) is 11.5 Å². The second-order valence-corrected chi connectivity index (χ2v) is 4.16. The summed E-state index contributed by atoms with van der Waals surface area (Å²) in [5.74, 6) is 1.12. The van der Waals surface area contributed by atoms with Gasteiger partial charge in [-0.3, -0.25) is 4.79 Å². The molecular formula is C11H14INO3. The maximum absolute atomic E-state index is 11.5. The summed E-state index contributed by atoms with van der Waals surface area (Å²) in [4.78, 5) is 11.5. The van der Waals surface area contributed by atoms with Crippen LogP contribution in [-0.2, 0) is 0 Å². The van der Waals surface area contributed by atoms with Crippen LogP contribution in [0.5, 0.6) is 11.5 Å². The van der Waals surface area contributed by atoms with Crippen LogP contribution in [0.25, 0.3) is 0 Å². The third-order valence-corrected chi connectivity index (χ3v) is 2.81. The van der Waals surface area contributed by atoms with Gasteiger partial charge in [0.05, 0.1) is 17.3 Å². The molecule has 4 nitrogen and oxygen atoms in total. The summed E-state index contributed by atoms with van der Waals surface area (Å²) in [7, 11) is 3.15. The van der Waals surface area contributed by atoms with Crippen molar-refractivity contribution in [2.24, 2.45) is 0 Å². The van der Waals surface area contributed by atoms with Gasteiger partial charge in [-0.05, 0) is 41.6 Å². The fraction of sp³-hybridized carbons (Fsp3) is 0.364. The lowest BCUT2D eigenvalue weighted by molar-refractivity contribution is 0.0962. The molecular weight excluding hydrogens is 321 g/mol. The van der Waals surface area contributed by atoms with Crippen LogP contribution in [0, 0.1) is 3.57 Å². The van der Waals surface area contributed by atoms with Gasteiger partial charge in [0.2, 0.25) is 0 Å². The Labute approximate surface area is 108 Å². The number of ether oxygens (including phenoxy) is 2. The van der Waals surface area contributed by atoms with Crippen LogP contribution >= 0.6 is 22.6 Å². The summed E-state index contributed by atoms with van der Waals surface area (Å²) in [5.41, 5.74) is 0.562. The van der Waals surface area contributed by atoms with Crippen molar-refractivity contribution in [3.05, 3.63) is 21.3 Å². The number of carbonyl (C=O) groups excluding carboxylic acids is 1. The SMILES string of the molecule is CCOc1c(I)cc(C(=O)NC)cc1OC. The third kappa shape index (κ3) is 2.78. The Kier molecular flexibility index (Phi) is 4.85. The number of amides is 1. The zero-order chi connectivity index (χ0) is 12.1. The number of rotatable bonds is 4. The Bertz CT molecular complexity index is 393. The molecule has 0 radical (unpaired) electrons. The van der Waals surface area contributed by atoms with Crippen LogP contribution in [0.3, 0.4) is 0 Å². The molecule has 0 aliphatic rings. The van der Waals surface area contributed by atoms with Gasteiger partial charge in [-0.25, -0.2) is 0 Å². The average Bonchev–Trinajstić information content (AvgIpc) is 2.30. The van der Waals surface area contributed by atoms with E-state index in [1.54, 1.807) is 26.3 Å². The van der Waals surface area contributed by atoms with Gasteiger partial charge in [-0.2, -0.15) is 0 Å². The van der Waals surface area contributed by atoms with Crippen LogP contribution < -0.4 is 14.8 Å². The molecule has 1 N–H and O–H groups in total. The summed E-state index contributed by atoms with van der Waals surface area (Å²) in [5, 5.41) is 2.57. The molecule has 1 aromatic carbocycles. The molecule has 16 heavy (non-hydrogen) atoms. The molecule has 88 valence electrons. The van der Waals surface area contributed by atoms with Crippen molar-refractivity contribution in [2.75, 3.05) is 20.8 Å². The second-order valence-electron chi connectivity index (χ2n) is 3.00. The van der Waals surface area contributed by atoms with Gasteiger partial charge in [-0.1, -0.05) is 0 Å². The van der Waals surface area contributed by atoms with E-state index in [1.165, 1.54) is 0 Å². The van der Waals surface area contributed by atoms with Crippen LogP contribution in [0.2, 0.25) is 0 Å². The number of nitrogens with one attached hydrogen (secondary N) is 1. The largest absolute Gasteiger partial charge is 0.493 e. The maximum atomic E-state index is 11.5. The van der Waals surface area contributed by atoms with Gasteiger partial charge in [0.25, 0.3) is 5.91 Å². The monoisotopic (exact) mass is 335 g/mol. The smallest absolute Gasteiger partial charge is 0.251 e. The minimum Gasteiger partial charge on any atom is -0.493 e. The highest BCUT2D eigenvalue weighted by atomic mass is 127. The summed E-state index contributed by atoms with van der Waals surface area (Å²) in [6.45, 7) is 2.47. The molecule has 0 saturated carbocycles. The van der Waals surface area contributed by atoms with E-state index < -0.39 is 0 Å². The molecule has 0 saturated heterocycles. The highest BCUT2D eigenvalue weighted by Gasteiger charge is 2.14. The van der Waals surface area contributed by atoms with E-state index in [1.807, 2.05) is 6.92 Å². The highest BCUT2D eigenvalue weighted by molar-refractivity contribution is 14.1. The second kappa shape index (κ2) is 5.93. The first-order valence-corrected chi connectivity index (χ1v) is 5.94. The van der Waals surface area contributed by atoms with E-state index in [-0.39, 0.29) is 5.91 Å². The van der Waals surface area contributed by atoms with Crippen LogP contribution in [0.4, 0.5) is 0 Å². The molecule has 0 unspecified atom stereocenters. The lowest BCUT2D eigenvalue weighted by Gasteiger charge is -2.12. The number of methoxy groups -OCH3 is 1. The lowest BCUT2D eigenvalue weighted by atomic mass is 10.2. The predicted octanol–water partition coefficient (Wildman–Crippen LogP) is 2.06. The van der Waals surface area contributed by atoms with Gasteiger partial charge < -0.3 is 14.8 Å². The number of hydrogen-bond donors (Lipinski definition) is 1. The van der Waals surface area contributed by atoms with Crippen molar-refractivity contribution in [3.63, 3.8) is 0 Å². The lowest BCUT2D eigenvalue weighted by Crippen LogP contribution is -2.18. The molecule has 0 spiro atoms. The first-order valence-electron chi connectivity index (χ1n) is 4.86. The average molecular weight is 335 g/mol. The van der Waals surface area contributed by atoms with Crippen LogP contribution in [0.1, 0.15) is 17.3 Å². The van der Waals surface area contributed by atoms with E-state index in [9.17, 15) is 4.79 Å². The van der Waals surface area contributed by atoms with Gasteiger partial charge >= 0.3 is 0 Å². The minimum atomic E-state index is -0.140. The number of carbonyl (C=O) groups is 1. The maximum Gasteiger partial charge on any atom is 0.251 e. The zero-order valence-corrected chi connectivity index (χ0v) is 11.6. The van der Waals surface area contributed by atoms with Crippen LogP contribution in [0.15, 0.2) is 12.1 Å². The highest BCUT2D eigenvalue weighted by Crippen LogP contribution is 2.33. The topological polar surface area (TPSA) is 47.6 Å². The molecule has 1 rings (SSSR count). The van der Waals surface area contributed by atoms with Crippen molar-refractivity contribution in [3.8, 4) is 11.5 Å². The summed E-state index contributed by atoms with van der Waals surface area (Å²) in [6.07, 6.45) is 0. The predicted molar refractivity (Wildman–Crippen MR) is 70.3 cm³/mol. The first-order chi connectivity index (χ1) is 7.63. The molecule has 0 aliphatic heterocycles. The van der Waals surface area contributed by atoms with Gasteiger partial charge in [0, 0.05) is 12.6 Å². The van der Waals surface area contributed by atoms with Gasteiger partial charge in [0.1, 0.15) is 0 Å². The number of hydrogen-bond acceptors (Lipinski definition) is 3. The molecule has 1 aromatic rings. The summed E-state index contributed by atoms with van der Waals surface area (Å²) >= 11 is 2.12. The minimum absolute atomic E-state index is 0.140. The van der Waals surface area contributed by atoms with Crippen molar-refractivity contribution >= 4 is 28.5 Å². The van der Waals surface area contributed by atoms with Crippen molar-refractivity contribution in [1.82, 2.24) is 5.32 Å². The van der Waals surface area contributed by atoms with Crippen molar-refractivity contribution in [1.29, 1.82) is 0 Å². The van der Waals surface area contributed by atoms with Crippen molar-refractivity contribution in [2.45, 2.75) is 6.92 Å². The molecule has 0 bridgehead atoms. The van der Waals surface area contributed by atoms with Crippen LogP contribution in [-0.4, -0.2) is 26.7 Å². The Morgan fingerprint density at radius 1 is 1.50 bits per heavy atom. The standard InChI is InChI=1S/C11H14INO3/c1-4-16-10-8(12)5-7(11(14)13-2)6-9(10)15-3/h5-6H,4H2,1-3H3,(H,13,14). The van der Waals surface area contributed by atoms with E-state index in [2.05, 4.69) is 27.9 Å². The zero-order valence-electron chi connectivity index (χ0n) is 9.46. The summed E-state index contributed by atoms with van der Waals surface area (Å²) in [6, 6.07) is 3.44. The molecule has 0 aromatic heterocycles. The molecule has 0 heterocycles. The van der Waals surface area contributed by atoms with E-state index >= 15 is 0 Å². The Hall–Kier alpha value is -0.980. The molecule has 0 fully saturated rings. The van der Waals surface area contributed by atoms with E-state index in [0.29, 0.717) is 23.7 Å². The Balaban J connectivity index is 3.20. The fourth-order valence-electron chi connectivity index (χ4n) is 1.28. The fourth-order valence-corrected chi connectivity index (χ4v) is 2.04. The summed E-state index contributed by atoms with van der Waals surface area (Å²) < 4.78 is 11.5. The van der Waals surface area contributed by atoms with Gasteiger partial charge in [-0.15, -0.1) is 0 Å². The van der Waals surface area contributed by atoms with E-state index in [0.717, 1.165) is 3.57 Å². The Morgan fingerprint density at radius 3 is 2.69 bits per heavy atom.